The van der Waals surface area contributed by atoms with Crippen molar-refractivity contribution in [3.8, 4) is 0 Å². The number of unbranched alkanes of at least 4 members (excludes halogenated alkanes) is 36. The number of hydrogen-bond acceptors (Lipinski definition) is 6. The average Bonchev–Trinajstić information content (AvgIpc) is 3.26. The third kappa shape index (κ3) is 41.7. The van der Waals surface area contributed by atoms with Crippen LogP contribution in [0.15, 0.2) is 0 Å². The Balaban J connectivity index is -0.00000116. The molecule has 0 aliphatic carbocycles. The van der Waals surface area contributed by atoms with Crippen LogP contribution in [0.25, 0.3) is 0 Å². The maximum absolute atomic E-state index is 12.5. The van der Waals surface area contributed by atoms with Gasteiger partial charge in [0.15, 0.2) is 0 Å². The minimum atomic E-state index is -4.28. The molecule has 6 nitrogen and oxygen atoms in total. The molecule has 0 radical (unpaired) electrons. The van der Waals surface area contributed by atoms with Crippen LogP contribution in [0.3, 0.4) is 0 Å². The standard InChI is InChI=1S/2C28H58O3S.Ba/c2*1-4-7-10-13-16-19-22-25-28(32(29,30)31,26-23-20-17-14-11-8-5-2)27-24-21-18-15-12-9-6-3;/h2*4-27H2,1-3H3,(H,29,30,31);/q;;+2/p-2. The summed E-state index contributed by atoms with van der Waals surface area (Å²) >= 11 is 0. The van der Waals surface area contributed by atoms with Gasteiger partial charge in [-0.1, -0.05) is 311 Å². The van der Waals surface area contributed by atoms with Gasteiger partial charge in [-0.15, -0.1) is 0 Å². The SMILES string of the molecule is CCCCCCCCCC(CCCCCCCCC)(CCCCCCCCC)S(=O)(=O)[O-].CCCCCCCCCC(CCCCCCCCC)(CCCCCCCCC)S(=O)(=O)[O-].[Ba+2]. The van der Waals surface area contributed by atoms with E-state index in [0.29, 0.717) is 38.5 Å². The summed E-state index contributed by atoms with van der Waals surface area (Å²) in [6.45, 7) is 13.3. The number of hydrogen-bond donors (Lipinski definition) is 0. The first-order valence-corrected chi connectivity index (χ1v) is 31.6. The molecule has 0 aliphatic heterocycles. The molecule has 0 aromatic heterocycles. The zero-order valence-corrected chi connectivity index (χ0v) is 51.0. The summed E-state index contributed by atoms with van der Waals surface area (Å²) in [5, 5.41) is 0. The van der Waals surface area contributed by atoms with Gasteiger partial charge in [-0.25, -0.2) is 16.8 Å². The van der Waals surface area contributed by atoms with Crippen LogP contribution < -0.4 is 0 Å². The fraction of sp³-hybridized carbons (Fsp3) is 1.00. The molecule has 0 spiro atoms. The fourth-order valence-corrected chi connectivity index (χ4v) is 12.3. The Morgan fingerprint density at radius 3 is 0.446 bits per heavy atom. The Hall–Kier alpha value is 1.39. The topological polar surface area (TPSA) is 114 Å². The van der Waals surface area contributed by atoms with Crippen LogP contribution in [-0.2, 0) is 20.2 Å². The maximum atomic E-state index is 12.5. The van der Waals surface area contributed by atoms with Crippen molar-refractivity contribution in [3.05, 3.63) is 0 Å². The van der Waals surface area contributed by atoms with Crippen LogP contribution in [0, 0.1) is 0 Å². The van der Waals surface area contributed by atoms with E-state index < -0.39 is 29.7 Å². The summed E-state index contributed by atoms with van der Waals surface area (Å²) in [6, 6.07) is 0. The second kappa shape index (κ2) is 50.3. The van der Waals surface area contributed by atoms with Crippen molar-refractivity contribution in [1.29, 1.82) is 0 Å². The third-order valence-electron chi connectivity index (χ3n) is 14.5. The van der Waals surface area contributed by atoms with Crippen LogP contribution in [-0.4, -0.2) is 84.3 Å². The van der Waals surface area contributed by atoms with Gasteiger partial charge < -0.3 is 9.11 Å². The van der Waals surface area contributed by atoms with E-state index in [0.717, 1.165) is 77.0 Å². The molecule has 0 bridgehead atoms. The molecule has 0 aromatic carbocycles. The molecule has 0 atom stereocenters. The van der Waals surface area contributed by atoms with Crippen LogP contribution >= 0.6 is 0 Å². The predicted octanol–water partition coefficient (Wildman–Crippen LogP) is 19.0. The molecular weight excluding hydrogens is 970 g/mol. The third-order valence-corrected chi connectivity index (χ3v) is 17.8. The van der Waals surface area contributed by atoms with Gasteiger partial charge in [0.05, 0.1) is 9.49 Å². The molecule has 0 saturated carbocycles. The molecule has 9 heteroatoms. The van der Waals surface area contributed by atoms with E-state index in [2.05, 4.69) is 41.5 Å². The normalized spacial score (nSPS) is 12.3. The Bertz CT molecular complexity index is 980. The molecule has 388 valence electrons. The molecule has 0 N–H and O–H groups in total. The van der Waals surface area contributed by atoms with Gasteiger partial charge >= 0.3 is 48.9 Å². The van der Waals surface area contributed by atoms with Crippen molar-refractivity contribution < 1.29 is 25.9 Å². The summed E-state index contributed by atoms with van der Waals surface area (Å²) in [7, 11) is -8.56. The molecule has 0 aromatic rings. The maximum Gasteiger partial charge on any atom is 2.00 e. The van der Waals surface area contributed by atoms with Gasteiger partial charge in [0.2, 0.25) is 0 Å². The van der Waals surface area contributed by atoms with Gasteiger partial charge in [0.1, 0.15) is 20.2 Å². The molecule has 0 aliphatic rings. The zero-order valence-electron chi connectivity index (χ0n) is 44.9. The van der Waals surface area contributed by atoms with Crippen molar-refractivity contribution in [2.75, 3.05) is 0 Å². The Labute approximate surface area is 450 Å². The summed E-state index contributed by atoms with van der Waals surface area (Å²) in [5.41, 5.74) is 0. The summed E-state index contributed by atoms with van der Waals surface area (Å²) in [6.07, 6.45) is 52.5. The molecule has 0 unspecified atom stereocenters. The molecule has 0 amide bonds. The Morgan fingerprint density at radius 1 is 0.231 bits per heavy atom. The summed E-state index contributed by atoms with van der Waals surface area (Å²) in [5.74, 6) is 0. The van der Waals surface area contributed by atoms with Gasteiger partial charge in [-0.05, 0) is 38.5 Å². The monoisotopic (exact) mass is 1080 g/mol. The van der Waals surface area contributed by atoms with Crippen molar-refractivity contribution >= 4 is 69.1 Å². The van der Waals surface area contributed by atoms with E-state index in [9.17, 15) is 25.9 Å². The van der Waals surface area contributed by atoms with E-state index in [1.807, 2.05) is 0 Å². The second-order valence-electron chi connectivity index (χ2n) is 20.5. The molecule has 0 rings (SSSR count). The van der Waals surface area contributed by atoms with E-state index in [1.165, 1.54) is 193 Å². The minimum Gasteiger partial charge on any atom is -0.748 e. The van der Waals surface area contributed by atoms with Gasteiger partial charge in [0, 0.05) is 0 Å². The quantitative estimate of drug-likeness (QED) is 0.0340. The van der Waals surface area contributed by atoms with Gasteiger partial charge in [-0.3, -0.25) is 0 Å². The smallest absolute Gasteiger partial charge is 0.748 e. The van der Waals surface area contributed by atoms with Crippen molar-refractivity contribution in [1.82, 2.24) is 0 Å². The molecular formula is C56H114BaO6S2. The second-order valence-corrected chi connectivity index (χ2v) is 24.1. The van der Waals surface area contributed by atoms with Gasteiger partial charge in [0.25, 0.3) is 0 Å². The molecule has 0 saturated heterocycles. The molecule has 65 heavy (non-hydrogen) atoms. The first-order chi connectivity index (χ1) is 30.9. The summed E-state index contributed by atoms with van der Waals surface area (Å²) < 4.78 is 73.1. The summed E-state index contributed by atoms with van der Waals surface area (Å²) in [4.78, 5) is 0. The fourth-order valence-electron chi connectivity index (χ4n) is 9.93. The van der Waals surface area contributed by atoms with Crippen molar-refractivity contribution in [2.45, 2.75) is 359 Å². The van der Waals surface area contributed by atoms with E-state index in [1.54, 1.807) is 0 Å². The zero-order chi connectivity index (χ0) is 47.9. The number of rotatable bonds is 50. The molecule has 0 heterocycles. The van der Waals surface area contributed by atoms with Crippen LogP contribution in [0.2, 0.25) is 0 Å². The minimum absolute atomic E-state index is 0. The van der Waals surface area contributed by atoms with Crippen molar-refractivity contribution in [2.24, 2.45) is 0 Å². The largest absolute Gasteiger partial charge is 2.00 e. The molecule has 0 fully saturated rings. The van der Waals surface area contributed by atoms with Crippen LogP contribution in [0.1, 0.15) is 350 Å². The first kappa shape index (κ1) is 70.6. The Morgan fingerprint density at radius 2 is 0.338 bits per heavy atom. The van der Waals surface area contributed by atoms with Crippen LogP contribution in [0.5, 0.6) is 0 Å². The van der Waals surface area contributed by atoms with Crippen LogP contribution in [0.4, 0.5) is 0 Å². The van der Waals surface area contributed by atoms with Crippen molar-refractivity contribution in [3.63, 3.8) is 0 Å². The van der Waals surface area contributed by atoms with Gasteiger partial charge in [-0.2, -0.15) is 0 Å². The Kier molecular flexibility index (Phi) is 54.7. The first-order valence-electron chi connectivity index (χ1n) is 28.8. The van der Waals surface area contributed by atoms with E-state index >= 15 is 0 Å². The average molecular weight is 1080 g/mol. The van der Waals surface area contributed by atoms with E-state index in [4.69, 9.17) is 0 Å². The van der Waals surface area contributed by atoms with E-state index in [-0.39, 0.29) is 48.9 Å². The predicted molar refractivity (Wildman–Crippen MR) is 286 cm³/mol.